The van der Waals surface area contributed by atoms with Gasteiger partial charge in [0.2, 0.25) is 0 Å². The first kappa shape index (κ1) is 12.2. The summed E-state index contributed by atoms with van der Waals surface area (Å²) in [5.74, 6) is 3.01. The van der Waals surface area contributed by atoms with Crippen molar-refractivity contribution in [2.24, 2.45) is 34.0 Å². The maximum absolute atomic E-state index is 4.64. The fraction of sp³-hybridized carbons (Fsp3) is 0.529. The van der Waals surface area contributed by atoms with Gasteiger partial charge < -0.3 is 0 Å². The molecule has 4 aliphatic rings. The Balaban J connectivity index is 1.32. The second-order valence-electron chi connectivity index (χ2n) is 7.31. The van der Waals surface area contributed by atoms with Crippen LogP contribution in [-0.4, -0.2) is 32.1 Å². The first-order chi connectivity index (χ1) is 11.4. The minimum absolute atomic E-state index is 0.399. The maximum atomic E-state index is 4.64. The summed E-state index contributed by atoms with van der Waals surface area (Å²) in [7, 11) is 0. The molecule has 1 aromatic carbocycles. The smallest absolute Gasteiger partial charge is 0.132 e. The molecule has 2 heterocycles. The zero-order valence-electron chi connectivity index (χ0n) is 12.7. The lowest BCUT2D eigenvalue weighted by atomic mass is 9.76. The van der Waals surface area contributed by atoms with Gasteiger partial charge in [-0.25, -0.2) is 4.68 Å². The Morgan fingerprint density at radius 2 is 2.09 bits per heavy atom. The lowest BCUT2D eigenvalue weighted by Gasteiger charge is -2.35. The summed E-state index contributed by atoms with van der Waals surface area (Å²) < 4.78 is 1.95. The molecule has 0 spiro atoms. The van der Waals surface area contributed by atoms with Crippen LogP contribution in [0.15, 0.2) is 46.8 Å². The predicted molar refractivity (Wildman–Crippen MR) is 84.1 cm³/mol. The molecule has 6 nitrogen and oxygen atoms in total. The molecule has 6 atom stereocenters. The number of allylic oxidation sites excluding steroid dienone is 2. The maximum Gasteiger partial charge on any atom is 0.132 e. The van der Waals surface area contributed by atoms with Gasteiger partial charge in [0.1, 0.15) is 12.2 Å². The monoisotopic (exact) mass is 306 g/mol. The van der Waals surface area contributed by atoms with Crippen LogP contribution in [-0.2, 0) is 6.67 Å². The standard InChI is InChI=1S/C17H18N6/c1-2-7-15-14(6-1)18-20-22(15)9-23-17-13-8-12(16(17)19-21-23)10-4-3-5-11(10)13/h1-3,5-7,10-13,16-17H,4,8-9H2. The van der Waals surface area contributed by atoms with Crippen LogP contribution >= 0.6 is 0 Å². The van der Waals surface area contributed by atoms with E-state index in [1.165, 1.54) is 12.8 Å². The Morgan fingerprint density at radius 1 is 1.13 bits per heavy atom. The van der Waals surface area contributed by atoms with Gasteiger partial charge >= 0.3 is 0 Å². The van der Waals surface area contributed by atoms with Gasteiger partial charge in [-0.2, -0.15) is 5.11 Å². The molecule has 1 aromatic heterocycles. The predicted octanol–water partition coefficient (Wildman–Crippen LogP) is 2.65. The minimum atomic E-state index is 0.399. The highest BCUT2D eigenvalue weighted by Gasteiger charge is 2.61. The number of para-hydroxylation sites is 1. The molecule has 2 aromatic rings. The third kappa shape index (κ3) is 1.49. The molecule has 6 unspecified atom stereocenters. The van der Waals surface area contributed by atoms with E-state index in [0.29, 0.717) is 24.7 Å². The van der Waals surface area contributed by atoms with Crippen LogP contribution in [0, 0.1) is 23.7 Å². The van der Waals surface area contributed by atoms with Crippen molar-refractivity contribution in [1.29, 1.82) is 0 Å². The molecule has 6 heteroatoms. The molecule has 3 aliphatic carbocycles. The second-order valence-corrected chi connectivity index (χ2v) is 7.31. The lowest BCUT2D eigenvalue weighted by Crippen LogP contribution is -2.45. The van der Waals surface area contributed by atoms with E-state index in [0.717, 1.165) is 28.8 Å². The topological polar surface area (TPSA) is 58.7 Å². The van der Waals surface area contributed by atoms with Gasteiger partial charge in [-0.1, -0.05) is 34.7 Å². The van der Waals surface area contributed by atoms with Gasteiger partial charge in [0.05, 0.1) is 17.6 Å². The van der Waals surface area contributed by atoms with Crippen LogP contribution in [0.1, 0.15) is 12.8 Å². The molecule has 6 rings (SSSR count). The zero-order chi connectivity index (χ0) is 15.0. The molecule has 0 amide bonds. The third-order valence-corrected chi connectivity index (χ3v) is 6.42. The van der Waals surface area contributed by atoms with Crippen molar-refractivity contribution >= 4 is 11.0 Å². The van der Waals surface area contributed by atoms with Gasteiger partial charge in [0, 0.05) is 0 Å². The summed E-state index contributed by atoms with van der Waals surface area (Å²) in [6, 6.07) is 8.94. The van der Waals surface area contributed by atoms with Gasteiger partial charge in [-0.05, 0) is 48.6 Å². The zero-order valence-corrected chi connectivity index (χ0v) is 12.7. The number of aromatic nitrogens is 3. The summed E-state index contributed by atoms with van der Waals surface area (Å²) in [6.07, 6.45) is 7.40. The summed E-state index contributed by atoms with van der Waals surface area (Å²) in [6.45, 7) is 0.648. The van der Waals surface area contributed by atoms with Crippen molar-refractivity contribution in [2.45, 2.75) is 31.6 Å². The fourth-order valence-electron chi connectivity index (χ4n) is 5.54. The van der Waals surface area contributed by atoms with Crippen molar-refractivity contribution in [3.8, 4) is 0 Å². The average Bonchev–Trinajstić information content (AvgIpc) is 3.34. The van der Waals surface area contributed by atoms with E-state index in [9.17, 15) is 0 Å². The van der Waals surface area contributed by atoms with E-state index in [1.807, 2.05) is 22.9 Å². The Morgan fingerprint density at radius 3 is 3.09 bits per heavy atom. The quantitative estimate of drug-likeness (QED) is 0.801. The van der Waals surface area contributed by atoms with Crippen molar-refractivity contribution in [2.75, 3.05) is 0 Å². The van der Waals surface area contributed by atoms with Crippen LogP contribution in [0.25, 0.3) is 11.0 Å². The minimum Gasteiger partial charge on any atom is -0.252 e. The molecule has 2 bridgehead atoms. The molecule has 0 radical (unpaired) electrons. The van der Waals surface area contributed by atoms with E-state index >= 15 is 0 Å². The lowest BCUT2D eigenvalue weighted by molar-refractivity contribution is 0.0948. The largest absolute Gasteiger partial charge is 0.252 e. The molecule has 116 valence electrons. The van der Waals surface area contributed by atoms with E-state index in [4.69, 9.17) is 0 Å². The summed E-state index contributed by atoms with van der Waals surface area (Å²) in [5, 5.41) is 19.9. The van der Waals surface area contributed by atoms with Crippen LogP contribution in [0.4, 0.5) is 0 Å². The number of fused-ring (bicyclic) bond motifs is 9. The first-order valence-electron chi connectivity index (χ1n) is 8.52. The average molecular weight is 306 g/mol. The van der Waals surface area contributed by atoms with E-state index in [1.54, 1.807) is 0 Å². The van der Waals surface area contributed by atoms with Gasteiger partial charge in [-0.15, -0.1) is 5.10 Å². The highest BCUT2D eigenvalue weighted by atomic mass is 15.7. The number of hydrogen-bond donors (Lipinski definition) is 0. The molecule has 1 aliphatic heterocycles. The van der Waals surface area contributed by atoms with Crippen LogP contribution in [0.5, 0.6) is 0 Å². The SMILES string of the molecule is C1=CC2C(C1)C1CC2C2C1N=NN2Cn1nnc2ccccc21. The normalized spacial score (nSPS) is 39.6. The Hall–Kier alpha value is -2.24. The Labute approximate surface area is 133 Å². The van der Waals surface area contributed by atoms with Crippen molar-refractivity contribution in [1.82, 2.24) is 20.0 Å². The molecule has 0 N–H and O–H groups in total. The van der Waals surface area contributed by atoms with Crippen LogP contribution < -0.4 is 0 Å². The first-order valence-corrected chi connectivity index (χ1v) is 8.52. The summed E-state index contributed by atoms with van der Waals surface area (Å²) in [4.78, 5) is 0. The highest BCUT2D eigenvalue weighted by molar-refractivity contribution is 5.73. The van der Waals surface area contributed by atoms with E-state index < -0.39 is 0 Å². The van der Waals surface area contributed by atoms with Gasteiger partial charge in [0.15, 0.2) is 0 Å². The van der Waals surface area contributed by atoms with Crippen molar-refractivity contribution in [3.05, 3.63) is 36.4 Å². The Kier molecular flexibility index (Phi) is 2.22. The van der Waals surface area contributed by atoms with Crippen LogP contribution in [0.2, 0.25) is 0 Å². The number of hydrogen-bond acceptors (Lipinski definition) is 5. The Bertz CT molecular complexity index is 838. The van der Waals surface area contributed by atoms with Gasteiger partial charge in [-0.3, -0.25) is 5.01 Å². The van der Waals surface area contributed by atoms with Gasteiger partial charge in [0.25, 0.3) is 0 Å². The second kappa shape index (κ2) is 4.19. The van der Waals surface area contributed by atoms with E-state index in [-0.39, 0.29) is 0 Å². The number of rotatable bonds is 2. The highest BCUT2D eigenvalue weighted by Crippen LogP contribution is 2.60. The third-order valence-electron chi connectivity index (χ3n) is 6.42. The molecule has 2 saturated carbocycles. The van der Waals surface area contributed by atoms with Crippen LogP contribution in [0.3, 0.4) is 0 Å². The number of benzene rings is 1. The fourth-order valence-corrected chi connectivity index (χ4v) is 5.54. The van der Waals surface area contributed by atoms with Crippen molar-refractivity contribution < 1.29 is 0 Å². The molecule has 0 saturated heterocycles. The summed E-state index contributed by atoms with van der Waals surface area (Å²) in [5.41, 5.74) is 2.00. The molecule has 23 heavy (non-hydrogen) atoms. The number of nitrogens with zero attached hydrogens (tertiary/aromatic N) is 6. The summed E-state index contributed by atoms with van der Waals surface area (Å²) >= 11 is 0. The van der Waals surface area contributed by atoms with E-state index in [2.05, 4.69) is 43.9 Å². The molecule has 2 fully saturated rings. The molecular formula is C17H18N6. The van der Waals surface area contributed by atoms with Crippen molar-refractivity contribution in [3.63, 3.8) is 0 Å². The molecular weight excluding hydrogens is 288 g/mol.